The Morgan fingerprint density at radius 3 is 2.58 bits per heavy atom. The standard InChI is InChI=1S/C16H23F2N3O3/c1-20-7-9-21(10-8-20)6-5-19-15(22)12-3-4-13(24-16(17)18)14(11-12)23-2/h3-4,11,16H,5-10H2,1-2H3,(H,19,22). The van der Waals surface area contributed by atoms with Crippen molar-refractivity contribution >= 4 is 5.91 Å². The number of ether oxygens (including phenoxy) is 2. The van der Waals surface area contributed by atoms with Crippen LogP contribution in [0.3, 0.4) is 0 Å². The second-order valence-electron chi connectivity index (χ2n) is 5.64. The van der Waals surface area contributed by atoms with E-state index in [1.807, 2.05) is 0 Å². The molecule has 0 unspecified atom stereocenters. The summed E-state index contributed by atoms with van der Waals surface area (Å²) in [4.78, 5) is 16.7. The summed E-state index contributed by atoms with van der Waals surface area (Å²) in [5, 5.41) is 2.83. The maximum atomic E-state index is 12.3. The molecule has 1 heterocycles. The van der Waals surface area contributed by atoms with Crippen LogP contribution in [-0.2, 0) is 0 Å². The highest BCUT2D eigenvalue weighted by atomic mass is 19.3. The van der Waals surface area contributed by atoms with Gasteiger partial charge in [-0.2, -0.15) is 8.78 Å². The molecule has 0 spiro atoms. The number of alkyl halides is 2. The van der Waals surface area contributed by atoms with Gasteiger partial charge in [-0.15, -0.1) is 0 Å². The SMILES string of the molecule is COc1cc(C(=O)NCCN2CCN(C)CC2)ccc1OC(F)F. The third kappa shape index (κ3) is 5.31. The van der Waals surface area contributed by atoms with Gasteiger partial charge in [0.05, 0.1) is 7.11 Å². The Hall–Kier alpha value is -1.93. The van der Waals surface area contributed by atoms with Crippen LogP contribution in [-0.4, -0.2) is 75.7 Å². The highest BCUT2D eigenvalue weighted by Crippen LogP contribution is 2.29. The molecular weight excluding hydrogens is 320 g/mol. The third-order valence-corrected chi connectivity index (χ3v) is 3.95. The summed E-state index contributed by atoms with van der Waals surface area (Å²) in [6.45, 7) is 2.39. The molecule has 0 radical (unpaired) electrons. The summed E-state index contributed by atoms with van der Waals surface area (Å²) in [6, 6.07) is 4.13. The summed E-state index contributed by atoms with van der Waals surface area (Å²) in [6.07, 6.45) is 0. The summed E-state index contributed by atoms with van der Waals surface area (Å²) in [7, 11) is 3.43. The minimum Gasteiger partial charge on any atom is -0.493 e. The fourth-order valence-corrected chi connectivity index (χ4v) is 2.50. The lowest BCUT2D eigenvalue weighted by molar-refractivity contribution is -0.0512. The lowest BCUT2D eigenvalue weighted by Gasteiger charge is -2.32. The van der Waals surface area contributed by atoms with Gasteiger partial charge < -0.3 is 19.7 Å². The van der Waals surface area contributed by atoms with Crippen LogP contribution >= 0.6 is 0 Å². The molecule has 1 saturated heterocycles. The molecule has 8 heteroatoms. The Kier molecular flexibility index (Phi) is 6.74. The Balaban J connectivity index is 1.85. The molecule has 1 aliphatic rings. The van der Waals surface area contributed by atoms with Crippen LogP contribution in [0.15, 0.2) is 18.2 Å². The maximum Gasteiger partial charge on any atom is 0.387 e. The van der Waals surface area contributed by atoms with Gasteiger partial charge in [0, 0.05) is 44.8 Å². The van der Waals surface area contributed by atoms with E-state index >= 15 is 0 Å². The Labute approximate surface area is 140 Å². The van der Waals surface area contributed by atoms with Crippen LogP contribution in [0, 0.1) is 0 Å². The van der Waals surface area contributed by atoms with Crippen molar-refractivity contribution in [1.82, 2.24) is 15.1 Å². The number of carbonyl (C=O) groups is 1. The van der Waals surface area contributed by atoms with Crippen molar-refractivity contribution in [2.24, 2.45) is 0 Å². The number of halogens is 2. The van der Waals surface area contributed by atoms with E-state index in [-0.39, 0.29) is 17.4 Å². The number of amides is 1. The molecule has 1 fully saturated rings. The number of rotatable bonds is 7. The molecule has 0 aliphatic carbocycles. The molecule has 0 bridgehead atoms. The summed E-state index contributed by atoms with van der Waals surface area (Å²) in [5.41, 5.74) is 0.340. The average molecular weight is 343 g/mol. The van der Waals surface area contributed by atoms with Crippen LogP contribution in [0.2, 0.25) is 0 Å². The van der Waals surface area contributed by atoms with E-state index in [0.29, 0.717) is 12.1 Å². The molecule has 0 atom stereocenters. The smallest absolute Gasteiger partial charge is 0.387 e. The van der Waals surface area contributed by atoms with E-state index in [0.717, 1.165) is 32.7 Å². The molecule has 134 valence electrons. The molecule has 1 aliphatic heterocycles. The van der Waals surface area contributed by atoms with Crippen molar-refractivity contribution in [3.63, 3.8) is 0 Å². The van der Waals surface area contributed by atoms with Crippen LogP contribution in [0.1, 0.15) is 10.4 Å². The zero-order chi connectivity index (χ0) is 17.5. The lowest BCUT2D eigenvalue weighted by Crippen LogP contribution is -2.46. The van der Waals surface area contributed by atoms with Gasteiger partial charge in [0.25, 0.3) is 5.91 Å². The van der Waals surface area contributed by atoms with Gasteiger partial charge in [0.1, 0.15) is 0 Å². The molecule has 1 aromatic carbocycles. The Morgan fingerprint density at radius 2 is 1.96 bits per heavy atom. The normalized spacial score (nSPS) is 16.2. The van der Waals surface area contributed by atoms with E-state index in [1.165, 1.54) is 25.3 Å². The highest BCUT2D eigenvalue weighted by Gasteiger charge is 2.16. The van der Waals surface area contributed by atoms with Crippen molar-refractivity contribution in [2.75, 3.05) is 53.4 Å². The molecule has 1 amide bonds. The molecule has 1 N–H and O–H groups in total. The van der Waals surface area contributed by atoms with Gasteiger partial charge in [-0.05, 0) is 25.2 Å². The number of benzene rings is 1. The number of carbonyl (C=O) groups excluding carboxylic acids is 1. The monoisotopic (exact) mass is 343 g/mol. The van der Waals surface area contributed by atoms with Gasteiger partial charge in [-0.3, -0.25) is 9.69 Å². The second kappa shape index (κ2) is 8.79. The number of hydrogen-bond acceptors (Lipinski definition) is 5. The Bertz CT molecular complexity index is 549. The zero-order valence-electron chi connectivity index (χ0n) is 13.9. The number of likely N-dealkylation sites (N-methyl/N-ethyl adjacent to an activating group) is 1. The molecular formula is C16H23F2N3O3. The predicted octanol–water partition coefficient (Wildman–Crippen LogP) is 1.27. The molecule has 6 nitrogen and oxygen atoms in total. The summed E-state index contributed by atoms with van der Waals surface area (Å²) in [5.74, 6) is -0.269. The van der Waals surface area contributed by atoms with E-state index in [4.69, 9.17) is 4.74 Å². The van der Waals surface area contributed by atoms with Gasteiger partial charge in [0.2, 0.25) is 0 Å². The first-order chi connectivity index (χ1) is 11.5. The van der Waals surface area contributed by atoms with E-state index in [2.05, 4.69) is 26.9 Å². The third-order valence-electron chi connectivity index (χ3n) is 3.95. The molecule has 1 aromatic rings. The fourth-order valence-electron chi connectivity index (χ4n) is 2.50. The van der Waals surface area contributed by atoms with Crippen LogP contribution in [0.4, 0.5) is 8.78 Å². The number of nitrogens with zero attached hydrogens (tertiary/aromatic N) is 2. The van der Waals surface area contributed by atoms with Crippen molar-refractivity contribution in [3.8, 4) is 11.5 Å². The van der Waals surface area contributed by atoms with Crippen LogP contribution in [0.5, 0.6) is 11.5 Å². The lowest BCUT2D eigenvalue weighted by atomic mass is 10.2. The number of piperazine rings is 1. The predicted molar refractivity (Wildman–Crippen MR) is 85.9 cm³/mol. The van der Waals surface area contributed by atoms with Crippen molar-refractivity contribution in [1.29, 1.82) is 0 Å². The van der Waals surface area contributed by atoms with Crippen LogP contribution < -0.4 is 14.8 Å². The number of nitrogens with one attached hydrogen (secondary N) is 1. The van der Waals surface area contributed by atoms with Gasteiger partial charge >= 0.3 is 6.61 Å². The average Bonchev–Trinajstić information content (AvgIpc) is 2.56. The van der Waals surface area contributed by atoms with Gasteiger partial charge in [0.15, 0.2) is 11.5 Å². The quantitative estimate of drug-likeness (QED) is 0.808. The minimum atomic E-state index is -2.94. The van der Waals surface area contributed by atoms with E-state index in [1.54, 1.807) is 0 Å². The molecule has 2 rings (SSSR count). The van der Waals surface area contributed by atoms with Crippen molar-refractivity contribution < 1.29 is 23.0 Å². The second-order valence-corrected chi connectivity index (χ2v) is 5.64. The highest BCUT2D eigenvalue weighted by molar-refractivity contribution is 5.94. The maximum absolute atomic E-state index is 12.3. The van der Waals surface area contributed by atoms with E-state index in [9.17, 15) is 13.6 Å². The van der Waals surface area contributed by atoms with Gasteiger partial charge in [-0.1, -0.05) is 0 Å². The first kappa shape index (κ1) is 18.4. The van der Waals surface area contributed by atoms with E-state index < -0.39 is 6.61 Å². The van der Waals surface area contributed by atoms with Crippen molar-refractivity contribution in [3.05, 3.63) is 23.8 Å². The topological polar surface area (TPSA) is 54.0 Å². The fraction of sp³-hybridized carbons (Fsp3) is 0.562. The Morgan fingerprint density at radius 1 is 1.25 bits per heavy atom. The first-order valence-corrected chi connectivity index (χ1v) is 7.81. The molecule has 0 saturated carbocycles. The van der Waals surface area contributed by atoms with Crippen LogP contribution in [0.25, 0.3) is 0 Å². The summed E-state index contributed by atoms with van der Waals surface area (Å²) < 4.78 is 33.9. The van der Waals surface area contributed by atoms with Crippen molar-refractivity contribution in [2.45, 2.75) is 6.61 Å². The number of methoxy groups -OCH3 is 1. The molecule has 24 heavy (non-hydrogen) atoms. The number of hydrogen-bond donors (Lipinski definition) is 1. The minimum absolute atomic E-state index is 0.0958. The largest absolute Gasteiger partial charge is 0.493 e. The molecule has 0 aromatic heterocycles. The zero-order valence-corrected chi connectivity index (χ0v) is 13.9. The van der Waals surface area contributed by atoms with Gasteiger partial charge in [-0.25, -0.2) is 0 Å². The first-order valence-electron chi connectivity index (χ1n) is 7.81. The summed E-state index contributed by atoms with van der Waals surface area (Å²) >= 11 is 0.